The predicted molar refractivity (Wildman–Crippen MR) is 128 cm³/mol. The Hall–Kier alpha value is -2.45. The number of amides is 1. The van der Waals surface area contributed by atoms with Crippen LogP contribution in [0.15, 0.2) is 33.9 Å². The molecule has 2 aromatic rings. The molecule has 1 atom stereocenters. The first-order valence-electron chi connectivity index (χ1n) is 12.3. The number of aryl methyl sites for hydroxylation is 1. The van der Waals surface area contributed by atoms with E-state index in [2.05, 4.69) is 11.8 Å². The second-order valence-electron chi connectivity index (χ2n) is 9.62. The third-order valence-corrected chi connectivity index (χ3v) is 7.49. The SMILES string of the molecule is CCCC(O)N1CCN(C(=O)C2CCC(Cn3c(=O)c4ccccc4n(C)c3=O)CC2)CC1. The Labute approximate surface area is 194 Å². The van der Waals surface area contributed by atoms with Crippen molar-refractivity contribution in [2.24, 2.45) is 18.9 Å². The molecule has 0 radical (unpaired) electrons. The first-order valence-corrected chi connectivity index (χ1v) is 12.3. The second kappa shape index (κ2) is 10.2. The second-order valence-corrected chi connectivity index (χ2v) is 9.62. The number of carbonyl (C=O) groups is 1. The fraction of sp³-hybridized carbons (Fsp3) is 0.640. The highest BCUT2D eigenvalue weighted by Gasteiger charge is 2.32. The fourth-order valence-electron chi connectivity index (χ4n) is 5.41. The minimum absolute atomic E-state index is 0.0181. The van der Waals surface area contributed by atoms with Crippen LogP contribution in [0.25, 0.3) is 10.9 Å². The summed E-state index contributed by atoms with van der Waals surface area (Å²) in [7, 11) is 1.71. The highest BCUT2D eigenvalue weighted by molar-refractivity contribution is 5.79. The van der Waals surface area contributed by atoms with Crippen LogP contribution in [0.2, 0.25) is 0 Å². The molecule has 0 spiro atoms. The van der Waals surface area contributed by atoms with Crippen molar-refractivity contribution in [3.63, 3.8) is 0 Å². The lowest BCUT2D eigenvalue weighted by Gasteiger charge is -2.39. The molecule has 8 heteroatoms. The lowest BCUT2D eigenvalue weighted by Crippen LogP contribution is -2.53. The monoisotopic (exact) mass is 456 g/mol. The molecule has 1 unspecified atom stereocenters. The van der Waals surface area contributed by atoms with E-state index in [1.54, 1.807) is 23.7 Å². The minimum atomic E-state index is -0.408. The number of aliphatic hydroxyl groups excluding tert-OH is 1. The van der Waals surface area contributed by atoms with E-state index >= 15 is 0 Å². The van der Waals surface area contributed by atoms with Crippen LogP contribution < -0.4 is 11.2 Å². The van der Waals surface area contributed by atoms with Gasteiger partial charge in [0.25, 0.3) is 5.56 Å². The van der Waals surface area contributed by atoms with E-state index in [9.17, 15) is 19.5 Å². The van der Waals surface area contributed by atoms with Gasteiger partial charge in [0.05, 0.1) is 10.9 Å². The van der Waals surface area contributed by atoms with Gasteiger partial charge in [0, 0.05) is 45.7 Å². The first-order chi connectivity index (χ1) is 15.9. The lowest BCUT2D eigenvalue weighted by molar-refractivity contribution is -0.140. The number of aliphatic hydroxyl groups is 1. The van der Waals surface area contributed by atoms with Gasteiger partial charge >= 0.3 is 5.69 Å². The van der Waals surface area contributed by atoms with Crippen LogP contribution in [-0.2, 0) is 18.4 Å². The van der Waals surface area contributed by atoms with E-state index < -0.39 is 6.23 Å². The first kappa shape index (κ1) is 23.7. The predicted octanol–water partition coefficient (Wildman–Crippen LogP) is 1.77. The van der Waals surface area contributed by atoms with E-state index in [0.717, 1.165) is 51.6 Å². The molecule has 1 aromatic heterocycles. The molecule has 1 saturated heterocycles. The van der Waals surface area contributed by atoms with E-state index in [0.29, 0.717) is 30.5 Å². The van der Waals surface area contributed by atoms with E-state index in [4.69, 9.17) is 0 Å². The maximum Gasteiger partial charge on any atom is 0.331 e. The molecule has 4 rings (SSSR count). The molecule has 1 aliphatic heterocycles. The number of hydrogen-bond donors (Lipinski definition) is 1. The number of rotatable bonds is 6. The van der Waals surface area contributed by atoms with Gasteiger partial charge in [-0.05, 0) is 50.2 Å². The Bertz CT molecular complexity index is 1090. The number of hydrogen-bond acceptors (Lipinski definition) is 5. The zero-order chi connectivity index (χ0) is 23.5. The summed E-state index contributed by atoms with van der Waals surface area (Å²) in [6.07, 6.45) is 4.58. The average Bonchev–Trinajstić information content (AvgIpc) is 2.85. The number of para-hydroxylation sites is 1. The van der Waals surface area contributed by atoms with Gasteiger partial charge in [0.1, 0.15) is 6.23 Å². The van der Waals surface area contributed by atoms with Gasteiger partial charge in [-0.1, -0.05) is 25.5 Å². The Morgan fingerprint density at radius 1 is 1.06 bits per heavy atom. The van der Waals surface area contributed by atoms with E-state index in [-0.39, 0.29) is 29.0 Å². The molecule has 2 fully saturated rings. The summed E-state index contributed by atoms with van der Waals surface area (Å²) in [4.78, 5) is 42.8. The molecule has 1 saturated carbocycles. The Balaban J connectivity index is 1.34. The van der Waals surface area contributed by atoms with Crippen molar-refractivity contribution in [2.75, 3.05) is 26.2 Å². The van der Waals surface area contributed by atoms with Crippen molar-refractivity contribution < 1.29 is 9.90 Å². The van der Waals surface area contributed by atoms with Gasteiger partial charge in [0.15, 0.2) is 0 Å². The van der Waals surface area contributed by atoms with E-state index in [1.165, 1.54) is 4.57 Å². The maximum atomic E-state index is 13.1. The molecule has 1 N–H and O–H groups in total. The fourth-order valence-corrected chi connectivity index (χ4v) is 5.41. The van der Waals surface area contributed by atoms with Gasteiger partial charge in [-0.2, -0.15) is 0 Å². The molecule has 0 bridgehead atoms. The van der Waals surface area contributed by atoms with Gasteiger partial charge < -0.3 is 10.0 Å². The number of aromatic nitrogens is 2. The molecular formula is C25H36N4O4. The summed E-state index contributed by atoms with van der Waals surface area (Å²) in [5.41, 5.74) is 0.149. The molecule has 1 aliphatic carbocycles. The van der Waals surface area contributed by atoms with Gasteiger partial charge in [-0.15, -0.1) is 0 Å². The quantitative estimate of drug-likeness (QED) is 0.716. The summed E-state index contributed by atoms with van der Waals surface area (Å²) in [6.45, 7) is 5.25. The number of benzene rings is 1. The zero-order valence-electron chi connectivity index (χ0n) is 19.8. The van der Waals surface area contributed by atoms with Crippen molar-refractivity contribution in [2.45, 2.75) is 58.2 Å². The average molecular weight is 457 g/mol. The molecule has 2 aliphatic rings. The lowest BCUT2D eigenvalue weighted by atomic mass is 9.81. The van der Waals surface area contributed by atoms with Crippen LogP contribution in [0.1, 0.15) is 45.4 Å². The van der Waals surface area contributed by atoms with Crippen LogP contribution in [0.5, 0.6) is 0 Å². The summed E-state index contributed by atoms with van der Waals surface area (Å²) < 4.78 is 2.92. The topological polar surface area (TPSA) is 87.8 Å². The van der Waals surface area contributed by atoms with Crippen LogP contribution in [0.3, 0.4) is 0 Å². The molecule has 8 nitrogen and oxygen atoms in total. The molecular weight excluding hydrogens is 420 g/mol. The smallest absolute Gasteiger partial charge is 0.331 e. The van der Waals surface area contributed by atoms with E-state index in [1.807, 2.05) is 17.0 Å². The number of fused-ring (bicyclic) bond motifs is 1. The standard InChI is InChI=1S/C25H36N4O4/c1-3-6-22(30)27-13-15-28(16-14-27)23(31)19-11-9-18(10-12-19)17-29-24(32)20-7-4-5-8-21(20)26(2)25(29)33/h4-5,7-8,18-19,22,30H,3,6,9-17H2,1-2H3. The van der Waals surface area contributed by atoms with Crippen LogP contribution in [0, 0.1) is 11.8 Å². The number of nitrogens with zero attached hydrogens (tertiary/aromatic N) is 4. The van der Waals surface area contributed by atoms with Crippen molar-refractivity contribution in [3.05, 3.63) is 45.1 Å². The molecule has 1 aromatic carbocycles. The largest absolute Gasteiger partial charge is 0.378 e. The number of piperazine rings is 1. The Kier molecular flexibility index (Phi) is 7.34. The third kappa shape index (κ3) is 4.92. The summed E-state index contributed by atoms with van der Waals surface area (Å²) in [5.74, 6) is 0.461. The summed E-state index contributed by atoms with van der Waals surface area (Å²) in [6, 6.07) is 7.21. The molecule has 33 heavy (non-hydrogen) atoms. The van der Waals surface area contributed by atoms with Gasteiger partial charge in [-0.25, -0.2) is 4.79 Å². The maximum absolute atomic E-state index is 13.1. The van der Waals surface area contributed by atoms with Crippen molar-refractivity contribution in [3.8, 4) is 0 Å². The van der Waals surface area contributed by atoms with Gasteiger partial charge in [0.2, 0.25) is 5.91 Å². The normalized spacial score (nSPS) is 23.1. The Morgan fingerprint density at radius 2 is 1.73 bits per heavy atom. The third-order valence-electron chi connectivity index (χ3n) is 7.49. The van der Waals surface area contributed by atoms with Crippen LogP contribution >= 0.6 is 0 Å². The minimum Gasteiger partial charge on any atom is -0.378 e. The van der Waals surface area contributed by atoms with Crippen molar-refractivity contribution in [1.29, 1.82) is 0 Å². The van der Waals surface area contributed by atoms with Crippen LogP contribution in [-0.4, -0.2) is 62.4 Å². The van der Waals surface area contributed by atoms with Crippen LogP contribution in [0.4, 0.5) is 0 Å². The molecule has 1 amide bonds. The molecule has 180 valence electrons. The zero-order valence-corrected chi connectivity index (χ0v) is 19.8. The summed E-state index contributed by atoms with van der Waals surface area (Å²) >= 11 is 0. The molecule has 2 heterocycles. The summed E-state index contributed by atoms with van der Waals surface area (Å²) in [5, 5.41) is 10.7. The van der Waals surface area contributed by atoms with Gasteiger partial charge in [-0.3, -0.25) is 23.6 Å². The highest BCUT2D eigenvalue weighted by Crippen LogP contribution is 2.31. The number of carbonyl (C=O) groups excluding carboxylic acids is 1. The highest BCUT2D eigenvalue weighted by atomic mass is 16.3. The van der Waals surface area contributed by atoms with Crippen molar-refractivity contribution >= 4 is 16.8 Å². The van der Waals surface area contributed by atoms with Crippen molar-refractivity contribution in [1.82, 2.24) is 18.9 Å². The Morgan fingerprint density at radius 3 is 2.39 bits per heavy atom.